The van der Waals surface area contributed by atoms with E-state index in [1.165, 1.54) is 12.9 Å². The lowest BCUT2D eigenvalue weighted by molar-refractivity contribution is -0.263. The summed E-state index contributed by atoms with van der Waals surface area (Å²) < 4.78 is 57.2. The summed E-state index contributed by atoms with van der Waals surface area (Å²) in [5, 5.41) is 0. The Hall–Kier alpha value is -2.30. The number of nitrogens with zero attached hydrogens (tertiary/aromatic N) is 1. The molecule has 0 spiro atoms. The molecule has 1 aromatic carbocycles. The van der Waals surface area contributed by atoms with Crippen molar-refractivity contribution in [3.63, 3.8) is 0 Å². The second-order valence-electron chi connectivity index (χ2n) is 7.78. The molecule has 31 heavy (non-hydrogen) atoms. The maximum atomic E-state index is 15.9. The Morgan fingerprint density at radius 2 is 1.87 bits per heavy atom. The number of alkyl halides is 1. The Morgan fingerprint density at radius 3 is 2.55 bits per heavy atom. The van der Waals surface area contributed by atoms with Crippen LogP contribution in [0.15, 0.2) is 52.2 Å². The molecule has 10 nitrogen and oxygen atoms in total. The van der Waals surface area contributed by atoms with Crippen LogP contribution in [0.5, 0.6) is 5.75 Å². The molecule has 0 amide bonds. The lowest BCUT2D eigenvalue weighted by Crippen LogP contribution is -2.43. The van der Waals surface area contributed by atoms with E-state index in [9.17, 15) is 14.2 Å². The highest BCUT2D eigenvalue weighted by molar-refractivity contribution is 7.53. The predicted molar refractivity (Wildman–Crippen MR) is 106 cm³/mol. The molecule has 0 aliphatic carbocycles. The number of nitrogens with one attached hydrogen (secondary N) is 1. The van der Waals surface area contributed by atoms with Crippen LogP contribution in [-0.2, 0) is 23.3 Å². The first-order valence-corrected chi connectivity index (χ1v) is 11.5. The largest absolute Gasteiger partial charge is 0.425 e. The van der Waals surface area contributed by atoms with Gasteiger partial charge >= 0.3 is 13.3 Å². The number of ether oxygens (including phenoxy) is 3. The maximum Gasteiger partial charge on any atom is 0.376 e. The van der Waals surface area contributed by atoms with Gasteiger partial charge in [-0.2, -0.15) is 0 Å². The van der Waals surface area contributed by atoms with Gasteiger partial charge in [0.2, 0.25) is 0 Å². The third-order valence-corrected chi connectivity index (χ3v) is 5.93. The van der Waals surface area contributed by atoms with Crippen LogP contribution in [0.1, 0.15) is 20.1 Å². The van der Waals surface area contributed by atoms with Crippen LogP contribution in [0.25, 0.3) is 0 Å². The maximum absolute atomic E-state index is 15.9. The Bertz CT molecular complexity index is 1120. The number of hydrogen-bond acceptors (Lipinski definition) is 8. The van der Waals surface area contributed by atoms with Crippen molar-refractivity contribution in [3.05, 3.63) is 63.4 Å². The van der Waals surface area contributed by atoms with Crippen molar-refractivity contribution in [3.8, 4) is 5.75 Å². The topological polar surface area (TPSA) is 118 Å². The van der Waals surface area contributed by atoms with Gasteiger partial charge in [0.1, 0.15) is 18.5 Å². The lowest BCUT2D eigenvalue weighted by atomic mass is 10.1. The fraction of sp³-hybridized carbons (Fsp3) is 0.474. The minimum Gasteiger partial charge on any atom is -0.425 e. The van der Waals surface area contributed by atoms with Crippen LogP contribution in [-0.4, -0.2) is 46.7 Å². The summed E-state index contributed by atoms with van der Waals surface area (Å²) in [7, 11) is -3.72. The molecular weight excluding hydrogens is 434 g/mol. The van der Waals surface area contributed by atoms with Crippen molar-refractivity contribution in [1.29, 1.82) is 0 Å². The van der Waals surface area contributed by atoms with Gasteiger partial charge in [0.05, 0.1) is 0 Å². The van der Waals surface area contributed by atoms with E-state index in [1.807, 2.05) is 0 Å². The quantitative estimate of drug-likeness (QED) is 0.658. The molecule has 0 radical (unpaired) electrons. The number of aromatic nitrogens is 2. The minimum absolute atomic E-state index is 0.297. The molecular formula is C19H22FN2O8P. The zero-order valence-electron chi connectivity index (χ0n) is 17.0. The Morgan fingerprint density at radius 1 is 1.16 bits per heavy atom. The van der Waals surface area contributed by atoms with Gasteiger partial charge in [0.25, 0.3) is 11.4 Å². The summed E-state index contributed by atoms with van der Waals surface area (Å²) in [6.45, 7) is 3.57. The SMILES string of the molecule is CC1(C)OC2[C@H](O1)[C@H](n1ccc(=O)[nH]c1=O)O[C@]2(F)CO[P@@](C)(=O)Oc1ccccc1. The Labute approximate surface area is 176 Å². The summed E-state index contributed by atoms with van der Waals surface area (Å²) in [4.78, 5) is 25.7. The van der Waals surface area contributed by atoms with E-state index in [-0.39, 0.29) is 0 Å². The zero-order valence-corrected chi connectivity index (χ0v) is 17.9. The van der Waals surface area contributed by atoms with E-state index < -0.39 is 55.5 Å². The number of aromatic amines is 1. The summed E-state index contributed by atoms with van der Waals surface area (Å²) in [5.74, 6) is -3.48. The van der Waals surface area contributed by atoms with Crippen molar-refractivity contribution >= 4 is 7.60 Å². The normalized spacial score (nSPS) is 31.2. The number of fused-ring (bicyclic) bond motifs is 1. The van der Waals surface area contributed by atoms with E-state index in [2.05, 4.69) is 4.98 Å². The highest BCUT2D eigenvalue weighted by atomic mass is 31.2. The number of benzene rings is 1. The molecule has 3 heterocycles. The molecule has 1 aromatic heterocycles. The van der Waals surface area contributed by atoms with Crippen molar-refractivity contribution in [1.82, 2.24) is 9.55 Å². The molecule has 5 atom stereocenters. The number of rotatable bonds is 6. The van der Waals surface area contributed by atoms with E-state index in [4.69, 9.17) is 23.3 Å². The van der Waals surface area contributed by atoms with Gasteiger partial charge in [0.15, 0.2) is 18.1 Å². The molecule has 2 aromatic rings. The molecule has 0 bridgehead atoms. The van der Waals surface area contributed by atoms with Crippen LogP contribution in [0.4, 0.5) is 4.39 Å². The average molecular weight is 456 g/mol. The van der Waals surface area contributed by atoms with Gasteiger partial charge in [-0.1, -0.05) is 18.2 Å². The first kappa shape index (κ1) is 21.9. The second kappa shape index (κ2) is 7.68. The summed E-state index contributed by atoms with van der Waals surface area (Å²) in [6.07, 6.45) is -2.40. The van der Waals surface area contributed by atoms with E-state index in [0.717, 1.165) is 10.6 Å². The van der Waals surface area contributed by atoms with Gasteiger partial charge in [0, 0.05) is 18.9 Å². The Balaban J connectivity index is 1.57. The zero-order chi connectivity index (χ0) is 22.4. The first-order chi connectivity index (χ1) is 14.5. The number of halogens is 1. The van der Waals surface area contributed by atoms with Gasteiger partial charge in [-0.25, -0.2) is 13.8 Å². The van der Waals surface area contributed by atoms with Crippen LogP contribution in [0, 0.1) is 0 Å². The molecule has 1 N–H and O–H groups in total. The van der Waals surface area contributed by atoms with E-state index >= 15 is 4.39 Å². The average Bonchev–Trinajstić information content (AvgIpc) is 3.13. The van der Waals surface area contributed by atoms with Crippen molar-refractivity contribution in [2.45, 2.75) is 43.9 Å². The molecule has 2 fully saturated rings. The smallest absolute Gasteiger partial charge is 0.376 e. The van der Waals surface area contributed by atoms with Gasteiger partial charge in [-0.05, 0) is 26.0 Å². The highest BCUT2D eigenvalue weighted by Gasteiger charge is 2.65. The fourth-order valence-corrected chi connectivity index (χ4v) is 4.50. The van der Waals surface area contributed by atoms with Crippen molar-refractivity contribution in [2.75, 3.05) is 13.3 Å². The number of hydrogen-bond donors (Lipinski definition) is 1. The molecule has 2 aliphatic heterocycles. The van der Waals surface area contributed by atoms with Crippen molar-refractivity contribution in [2.24, 2.45) is 0 Å². The standard InChI is InChI=1S/C19H22FN2O8P/c1-18(2)27-14-15(28-18)19(20,29-16(14)22-10-9-13(23)21-17(22)24)11-26-31(3,25)30-12-7-5-4-6-8-12/h4-10,14-16H,11H2,1-3H3,(H,21,23,24)/t14-,15?,16+,19+,31+/m0/s1. The molecule has 0 saturated carbocycles. The molecule has 4 rings (SSSR count). The molecule has 12 heteroatoms. The van der Waals surface area contributed by atoms with Gasteiger partial charge in [-0.3, -0.25) is 18.9 Å². The molecule has 2 aliphatic rings. The van der Waals surface area contributed by atoms with Crippen LogP contribution >= 0.6 is 7.60 Å². The van der Waals surface area contributed by atoms with Gasteiger partial charge < -0.3 is 18.7 Å². The van der Waals surface area contributed by atoms with E-state index in [0.29, 0.717) is 5.75 Å². The minimum atomic E-state index is -3.72. The molecule has 168 valence electrons. The predicted octanol–water partition coefficient (Wildman–Crippen LogP) is 2.17. The summed E-state index contributed by atoms with van der Waals surface area (Å²) >= 11 is 0. The first-order valence-electron chi connectivity index (χ1n) is 9.49. The van der Waals surface area contributed by atoms with Crippen LogP contribution in [0.3, 0.4) is 0 Å². The Kier molecular flexibility index (Phi) is 5.43. The van der Waals surface area contributed by atoms with Gasteiger partial charge in [-0.15, -0.1) is 0 Å². The third-order valence-electron chi connectivity index (χ3n) is 4.79. The monoisotopic (exact) mass is 456 g/mol. The second-order valence-corrected chi connectivity index (χ2v) is 9.77. The van der Waals surface area contributed by atoms with Crippen LogP contribution < -0.4 is 15.8 Å². The lowest BCUT2D eigenvalue weighted by Gasteiger charge is -2.29. The number of para-hydroxylation sites is 1. The molecule has 2 saturated heterocycles. The molecule has 1 unspecified atom stereocenters. The summed E-state index contributed by atoms with van der Waals surface area (Å²) in [6, 6.07) is 9.41. The fourth-order valence-electron chi connectivity index (χ4n) is 3.53. The van der Waals surface area contributed by atoms with Crippen LogP contribution in [0.2, 0.25) is 0 Å². The third kappa shape index (κ3) is 4.51. The van der Waals surface area contributed by atoms with Crippen molar-refractivity contribution < 1.29 is 32.2 Å². The summed E-state index contributed by atoms with van der Waals surface area (Å²) in [5.41, 5.74) is -1.41. The highest BCUT2D eigenvalue weighted by Crippen LogP contribution is 2.51. The van der Waals surface area contributed by atoms with E-state index in [1.54, 1.807) is 44.2 Å². The number of H-pyrrole nitrogens is 1.